The number of likely N-dealkylation sites (N-methyl/N-ethyl adjacent to an activating group) is 1. The van der Waals surface area contributed by atoms with Crippen molar-refractivity contribution < 1.29 is 13.2 Å². The molecule has 0 aromatic rings. The van der Waals surface area contributed by atoms with Gasteiger partial charge in [0.25, 0.3) is 0 Å². The lowest BCUT2D eigenvalue weighted by Crippen LogP contribution is -2.53. The minimum absolute atomic E-state index is 0.189. The second-order valence-electron chi connectivity index (χ2n) is 7.34. The van der Waals surface area contributed by atoms with E-state index in [0.29, 0.717) is 32.3 Å². The average molecular weight is 346 g/mol. The van der Waals surface area contributed by atoms with Gasteiger partial charge in [0.2, 0.25) is 10.0 Å². The Labute approximate surface area is 140 Å². The summed E-state index contributed by atoms with van der Waals surface area (Å²) in [7, 11) is -0.901. The standard InChI is InChI=1S/C16H31N3O3S/c1-17-6-3-2-4-16(17)12-18-7-9-19(10-8-18)23(20,21)14-15-5-11-22-13-15/h15-16H,2-14H2,1H3/t15-,16+/m1/s1. The Morgan fingerprint density at radius 3 is 2.48 bits per heavy atom. The van der Waals surface area contributed by atoms with Crippen LogP contribution in [0.15, 0.2) is 0 Å². The summed E-state index contributed by atoms with van der Waals surface area (Å²) in [5.41, 5.74) is 0. The lowest BCUT2D eigenvalue weighted by molar-refractivity contribution is 0.106. The maximum atomic E-state index is 12.5. The largest absolute Gasteiger partial charge is 0.381 e. The van der Waals surface area contributed by atoms with Crippen molar-refractivity contribution in [1.29, 1.82) is 0 Å². The molecule has 6 nitrogen and oxygen atoms in total. The Morgan fingerprint density at radius 2 is 1.83 bits per heavy atom. The fourth-order valence-electron chi connectivity index (χ4n) is 3.98. The summed E-state index contributed by atoms with van der Waals surface area (Å²) in [5, 5.41) is 0. The van der Waals surface area contributed by atoms with E-state index in [1.54, 1.807) is 4.31 Å². The molecule has 0 N–H and O–H groups in total. The highest BCUT2D eigenvalue weighted by Crippen LogP contribution is 2.20. The molecule has 3 fully saturated rings. The molecule has 3 heterocycles. The van der Waals surface area contributed by atoms with E-state index in [0.717, 1.165) is 26.1 Å². The van der Waals surface area contributed by atoms with Gasteiger partial charge in [-0.1, -0.05) is 6.42 Å². The second kappa shape index (κ2) is 7.78. The summed E-state index contributed by atoms with van der Waals surface area (Å²) in [6.07, 6.45) is 4.79. The maximum absolute atomic E-state index is 12.5. The Morgan fingerprint density at radius 1 is 1.04 bits per heavy atom. The van der Waals surface area contributed by atoms with E-state index < -0.39 is 10.0 Å². The van der Waals surface area contributed by atoms with E-state index in [2.05, 4.69) is 16.8 Å². The Balaban J connectivity index is 1.45. The number of piperidine rings is 1. The quantitative estimate of drug-likeness (QED) is 0.724. The molecule has 3 aliphatic heterocycles. The number of nitrogens with zero attached hydrogens (tertiary/aromatic N) is 3. The van der Waals surface area contributed by atoms with Crippen LogP contribution in [-0.2, 0) is 14.8 Å². The third kappa shape index (κ3) is 4.66. The van der Waals surface area contributed by atoms with Crippen LogP contribution in [0.25, 0.3) is 0 Å². The van der Waals surface area contributed by atoms with Crippen LogP contribution in [0.4, 0.5) is 0 Å². The minimum Gasteiger partial charge on any atom is -0.381 e. The van der Waals surface area contributed by atoms with Gasteiger partial charge in [-0.2, -0.15) is 4.31 Å². The SMILES string of the molecule is CN1CCCC[C@H]1CN1CCN(S(=O)(=O)C[C@@H]2CCOC2)CC1. The number of piperazine rings is 1. The van der Waals surface area contributed by atoms with Crippen LogP contribution in [0.2, 0.25) is 0 Å². The summed E-state index contributed by atoms with van der Waals surface area (Å²) in [5.74, 6) is 0.451. The van der Waals surface area contributed by atoms with Gasteiger partial charge in [-0.3, -0.25) is 4.90 Å². The van der Waals surface area contributed by atoms with Crippen LogP contribution in [0, 0.1) is 5.92 Å². The number of likely N-dealkylation sites (tertiary alicyclic amines) is 1. The molecular weight excluding hydrogens is 314 g/mol. The Hall–Kier alpha value is -0.210. The van der Waals surface area contributed by atoms with Crippen molar-refractivity contribution in [1.82, 2.24) is 14.1 Å². The fraction of sp³-hybridized carbons (Fsp3) is 1.00. The van der Waals surface area contributed by atoms with Crippen molar-refractivity contribution in [2.75, 3.05) is 65.3 Å². The molecule has 3 aliphatic rings. The zero-order valence-corrected chi connectivity index (χ0v) is 15.1. The van der Waals surface area contributed by atoms with Crippen LogP contribution in [0.5, 0.6) is 0 Å². The van der Waals surface area contributed by atoms with Gasteiger partial charge >= 0.3 is 0 Å². The van der Waals surface area contributed by atoms with Crippen molar-refractivity contribution in [3.8, 4) is 0 Å². The van der Waals surface area contributed by atoms with E-state index in [9.17, 15) is 8.42 Å². The summed E-state index contributed by atoms with van der Waals surface area (Å²) >= 11 is 0. The van der Waals surface area contributed by atoms with Gasteiger partial charge in [0, 0.05) is 45.4 Å². The molecule has 0 radical (unpaired) electrons. The minimum atomic E-state index is -3.12. The first-order valence-corrected chi connectivity index (χ1v) is 10.6. The van der Waals surface area contributed by atoms with Crippen LogP contribution < -0.4 is 0 Å². The molecule has 0 aliphatic carbocycles. The lowest BCUT2D eigenvalue weighted by Gasteiger charge is -2.40. The molecule has 0 spiro atoms. The Kier molecular flexibility index (Phi) is 5.96. The maximum Gasteiger partial charge on any atom is 0.214 e. The monoisotopic (exact) mass is 345 g/mol. The summed E-state index contributed by atoms with van der Waals surface area (Å²) in [4.78, 5) is 4.91. The fourth-order valence-corrected chi connectivity index (χ4v) is 5.77. The number of ether oxygens (including phenoxy) is 1. The van der Waals surface area contributed by atoms with E-state index in [1.807, 2.05) is 0 Å². The molecule has 0 bridgehead atoms. The first kappa shape index (κ1) is 17.6. The van der Waals surface area contributed by atoms with Crippen LogP contribution in [-0.4, -0.2) is 93.8 Å². The smallest absolute Gasteiger partial charge is 0.214 e. The van der Waals surface area contributed by atoms with Crippen LogP contribution in [0.3, 0.4) is 0 Å². The van der Waals surface area contributed by atoms with Crippen molar-refractivity contribution in [2.45, 2.75) is 31.7 Å². The average Bonchev–Trinajstić information content (AvgIpc) is 3.02. The van der Waals surface area contributed by atoms with Gasteiger partial charge in [0.05, 0.1) is 12.4 Å². The first-order valence-electron chi connectivity index (χ1n) is 9.03. The van der Waals surface area contributed by atoms with Crippen LogP contribution in [0.1, 0.15) is 25.7 Å². The molecule has 3 rings (SSSR count). The van der Waals surface area contributed by atoms with E-state index in [4.69, 9.17) is 4.74 Å². The van der Waals surface area contributed by atoms with Gasteiger partial charge in [0.15, 0.2) is 0 Å². The summed E-state index contributed by atoms with van der Waals surface area (Å²) in [6.45, 7) is 6.62. The second-order valence-corrected chi connectivity index (χ2v) is 9.35. The zero-order chi connectivity index (χ0) is 16.3. The van der Waals surface area contributed by atoms with Gasteiger partial charge in [-0.25, -0.2) is 8.42 Å². The molecule has 23 heavy (non-hydrogen) atoms. The van der Waals surface area contributed by atoms with Crippen LogP contribution >= 0.6 is 0 Å². The first-order chi connectivity index (χ1) is 11.0. The molecule has 2 atom stereocenters. The van der Waals surface area contributed by atoms with Gasteiger partial charge in [0.1, 0.15) is 0 Å². The highest BCUT2D eigenvalue weighted by molar-refractivity contribution is 7.89. The molecular formula is C16H31N3O3S. The third-order valence-electron chi connectivity index (χ3n) is 5.59. The molecule has 0 aromatic heterocycles. The molecule has 0 aromatic carbocycles. The lowest BCUT2D eigenvalue weighted by atomic mass is 10.0. The number of rotatable bonds is 5. The number of hydrogen-bond donors (Lipinski definition) is 0. The van der Waals surface area contributed by atoms with E-state index >= 15 is 0 Å². The third-order valence-corrected chi connectivity index (χ3v) is 7.63. The number of hydrogen-bond acceptors (Lipinski definition) is 5. The van der Waals surface area contributed by atoms with Gasteiger partial charge in [-0.15, -0.1) is 0 Å². The topological polar surface area (TPSA) is 53.1 Å². The highest BCUT2D eigenvalue weighted by Gasteiger charge is 2.32. The van der Waals surface area contributed by atoms with Crippen molar-refractivity contribution in [2.24, 2.45) is 5.92 Å². The van der Waals surface area contributed by atoms with E-state index in [1.165, 1.54) is 25.8 Å². The predicted octanol–water partition coefficient (Wildman–Crippen LogP) is 0.455. The molecule has 0 unspecified atom stereocenters. The molecule has 134 valence electrons. The van der Waals surface area contributed by atoms with Crippen molar-refractivity contribution >= 4 is 10.0 Å². The summed E-state index contributed by atoms with van der Waals surface area (Å²) in [6, 6.07) is 0.641. The van der Waals surface area contributed by atoms with Crippen molar-refractivity contribution in [3.05, 3.63) is 0 Å². The predicted molar refractivity (Wildman–Crippen MR) is 91.0 cm³/mol. The van der Waals surface area contributed by atoms with Crippen molar-refractivity contribution in [3.63, 3.8) is 0 Å². The van der Waals surface area contributed by atoms with Gasteiger partial charge in [-0.05, 0) is 38.8 Å². The summed E-state index contributed by atoms with van der Waals surface area (Å²) < 4.78 is 32.1. The normalized spacial score (nSPS) is 32.4. The van der Waals surface area contributed by atoms with E-state index in [-0.39, 0.29) is 11.7 Å². The number of sulfonamides is 1. The highest BCUT2D eigenvalue weighted by atomic mass is 32.2. The zero-order valence-electron chi connectivity index (χ0n) is 14.3. The molecule has 0 saturated carbocycles. The molecule has 3 saturated heterocycles. The molecule has 7 heteroatoms. The Bertz CT molecular complexity index is 471. The molecule has 0 amide bonds. The van der Waals surface area contributed by atoms with Gasteiger partial charge < -0.3 is 9.64 Å².